The number of rotatable bonds is 5. The summed E-state index contributed by atoms with van der Waals surface area (Å²) in [4.78, 5) is 40.0. The number of carbonyl (C=O) groups is 3. The van der Waals surface area contributed by atoms with Gasteiger partial charge in [0.25, 0.3) is 0 Å². The van der Waals surface area contributed by atoms with Crippen molar-refractivity contribution in [2.24, 2.45) is 35.5 Å². The van der Waals surface area contributed by atoms with Crippen molar-refractivity contribution in [3.63, 3.8) is 0 Å². The lowest BCUT2D eigenvalue weighted by atomic mass is 9.63. The summed E-state index contributed by atoms with van der Waals surface area (Å²) in [6, 6.07) is 14.3. The van der Waals surface area contributed by atoms with Crippen molar-refractivity contribution in [1.29, 1.82) is 0 Å². The van der Waals surface area contributed by atoms with E-state index in [1.54, 1.807) is 36.4 Å². The normalized spacial score (nSPS) is 32.1. The molecule has 2 aromatic carbocycles. The highest BCUT2D eigenvalue weighted by Crippen LogP contribution is 2.65. The standard InChI is InChI=1S/C26H23NO4/c1-14-2-4-15(5-3-14)22(28)13-31-17-8-6-16(7-9-17)27-25(29)23-18-10-11-19(21-12-20(18)21)24(23)26(27)30/h2-11,18-21,23-24H,12-13H2,1H3/t18-,19-,20-,21+,23-,24+/m0/s1. The molecule has 2 saturated carbocycles. The summed E-state index contributed by atoms with van der Waals surface area (Å²) in [6.45, 7) is 1.91. The van der Waals surface area contributed by atoms with Crippen LogP contribution in [0.1, 0.15) is 22.3 Å². The number of ether oxygens (including phenoxy) is 1. The first-order chi connectivity index (χ1) is 15.0. The lowest BCUT2D eigenvalue weighted by Crippen LogP contribution is -2.40. The van der Waals surface area contributed by atoms with Gasteiger partial charge in [-0.1, -0.05) is 42.0 Å². The molecule has 156 valence electrons. The Labute approximate surface area is 180 Å². The van der Waals surface area contributed by atoms with Crippen LogP contribution in [-0.2, 0) is 9.59 Å². The van der Waals surface area contributed by atoms with Gasteiger partial charge in [0.05, 0.1) is 17.5 Å². The predicted octanol–water partition coefficient (Wildman–Crippen LogP) is 3.81. The van der Waals surface area contributed by atoms with Gasteiger partial charge in [0.1, 0.15) is 5.75 Å². The van der Waals surface area contributed by atoms with Gasteiger partial charge >= 0.3 is 0 Å². The molecule has 5 heteroatoms. The zero-order valence-corrected chi connectivity index (χ0v) is 17.2. The number of allylic oxidation sites excluding steroid dienone is 2. The fraction of sp³-hybridized carbons (Fsp3) is 0.346. The van der Waals surface area contributed by atoms with Crippen molar-refractivity contribution in [3.05, 3.63) is 71.8 Å². The molecule has 7 rings (SSSR count). The van der Waals surface area contributed by atoms with E-state index in [4.69, 9.17) is 4.74 Å². The van der Waals surface area contributed by atoms with Crippen LogP contribution in [0.2, 0.25) is 0 Å². The minimum atomic E-state index is -0.200. The summed E-state index contributed by atoms with van der Waals surface area (Å²) in [5.41, 5.74) is 2.29. The predicted molar refractivity (Wildman–Crippen MR) is 115 cm³/mol. The topological polar surface area (TPSA) is 63.7 Å². The number of aryl methyl sites for hydroxylation is 1. The monoisotopic (exact) mass is 413 g/mol. The third-order valence-electron chi connectivity index (χ3n) is 7.50. The molecule has 5 aliphatic rings. The molecule has 0 unspecified atom stereocenters. The quantitative estimate of drug-likeness (QED) is 0.425. The van der Waals surface area contributed by atoms with Crippen molar-refractivity contribution in [3.8, 4) is 5.75 Å². The highest BCUT2D eigenvalue weighted by molar-refractivity contribution is 6.22. The van der Waals surface area contributed by atoms with Crippen molar-refractivity contribution in [1.82, 2.24) is 0 Å². The number of ketones is 1. The van der Waals surface area contributed by atoms with Gasteiger partial charge in [-0.05, 0) is 61.3 Å². The van der Waals surface area contributed by atoms with Gasteiger partial charge in [-0.2, -0.15) is 0 Å². The number of amides is 2. The maximum absolute atomic E-state index is 13.2. The van der Waals surface area contributed by atoms with Crippen molar-refractivity contribution in [2.45, 2.75) is 13.3 Å². The van der Waals surface area contributed by atoms with Crippen LogP contribution >= 0.6 is 0 Å². The molecular weight excluding hydrogens is 390 g/mol. The zero-order valence-electron chi connectivity index (χ0n) is 17.2. The summed E-state index contributed by atoms with van der Waals surface area (Å²) < 4.78 is 5.63. The SMILES string of the molecule is Cc1ccc(C(=O)COc2ccc(N3C(=O)[C@@H]4[C@H]5C=C[C@@H]([C@@H]6C[C@H]56)[C@@H]4C3=O)cc2)cc1. The smallest absolute Gasteiger partial charge is 0.238 e. The average molecular weight is 413 g/mol. The molecular formula is C26H23NO4. The number of benzene rings is 2. The highest BCUT2D eigenvalue weighted by Gasteiger charge is 2.67. The molecule has 3 fully saturated rings. The fourth-order valence-corrected chi connectivity index (χ4v) is 5.87. The maximum Gasteiger partial charge on any atom is 0.238 e. The number of hydrogen-bond acceptors (Lipinski definition) is 4. The van der Waals surface area contributed by atoms with E-state index in [2.05, 4.69) is 12.2 Å². The molecule has 0 aromatic heterocycles. The Kier molecular flexibility index (Phi) is 3.98. The van der Waals surface area contributed by atoms with Crippen LogP contribution in [0.15, 0.2) is 60.7 Å². The lowest BCUT2D eigenvalue weighted by molar-refractivity contribution is -0.124. The number of hydrogen-bond donors (Lipinski definition) is 0. The minimum Gasteiger partial charge on any atom is -0.485 e. The third-order valence-corrected chi connectivity index (χ3v) is 7.50. The van der Waals surface area contributed by atoms with Crippen LogP contribution in [0.4, 0.5) is 5.69 Å². The highest BCUT2D eigenvalue weighted by atomic mass is 16.5. The van der Waals surface area contributed by atoms with E-state index in [-0.39, 0.29) is 47.9 Å². The van der Waals surface area contributed by atoms with E-state index in [0.29, 0.717) is 28.8 Å². The molecule has 1 aliphatic heterocycles. The average Bonchev–Trinajstić information content (AvgIpc) is 3.56. The summed E-state index contributed by atoms with van der Waals surface area (Å²) in [5, 5.41) is 0. The van der Waals surface area contributed by atoms with E-state index < -0.39 is 0 Å². The van der Waals surface area contributed by atoms with Gasteiger partial charge in [0.15, 0.2) is 12.4 Å². The van der Waals surface area contributed by atoms with Crippen LogP contribution in [0.5, 0.6) is 5.75 Å². The second kappa shape index (κ2) is 6.64. The Morgan fingerprint density at radius 1 is 0.903 bits per heavy atom. The molecule has 2 aromatic rings. The minimum absolute atomic E-state index is 0.0636. The molecule has 0 spiro atoms. The first-order valence-electron chi connectivity index (χ1n) is 10.9. The van der Waals surface area contributed by atoms with E-state index >= 15 is 0 Å². The van der Waals surface area contributed by atoms with Gasteiger partial charge in [-0.25, -0.2) is 0 Å². The number of imide groups is 1. The second-order valence-electron chi connectivity index (χ2n) is 9.24. The van der Waals surface area contributed by atoms with Gasteiger partial charge in [0, 0.05) is 5.56 Å². The molecule has 2 bridgehead atoms. The summed E-state index contributed by atoms with van der Waals surface area (Å²) >= 11 is 0. The van der Waals surface area contributed by atoms with Crippen LogP contribution in [0.25, 0.3) is 0 Å². The lowest BCUT2D eigenvalue weighted by Gasteiger charge is -2.37. The van der Waals surface area contributed by atoms with Crippen molar-refractivity contribution < 1.29 is 19.1 Å². The Morgan fingerprint density at radius 3 is 2.06 bits per heavy atom. The van der Waals surface area contributed by atoms with E-state index in [1.165, 1.54) is 4.90 Å². The molecule has 2 amide bonds. The van der Waals surface area contributed by atoms with Gasteiger partial charge in [0.2, 0.25) is 11.8 Å². The number of Topliss-reactive ketones (excluding diaryl/α,β-unsaturated/α-hetero) is 1. The molecule has 1 saturated heterocycles. The first kappa shape index (κ1) is 18.6. The van der Waals surface area contributed by atoms with Crippen molar-refractivity contribution in [2.75, 3.05) is 11.5 Å². The second-order valence-corrected chi connectivity index (χ2v) is 9.24. The Morgan fingerprint density at radius 2 is 1.48 bits per heavy atom. The molecule has 5 nitrogen and oxygen atoms in total. The van der Waals surface area contributed by atoms with E-state index in [1.807, 2.05) is 19.1 Å². The summed E-state index contributed by atoms with van der Waals surface area (Å²) in [7, 11) is 0. The van der Waals surface area contributed by atoms with Crippen LogP contribution < -0.4 is 9.64 Å². The van der Waals surface area contributed by atoms with Crippen molar-refractivity contribution >= 4 is 23.3 Å². The van der Waals surface area contributed by atoms with E-state index in [0.717, 1.165) is 12.0 Å². The third kappa shape index (κ3) is 2.79. The molecule has 6 atom stereocenters. The van der Waals surface area contributed by atoms with Crippen LogP contribution in [-0.4, -0.2) is 24.2 Å². The van der Waals surface area contributed by atoms with Gasteiger partial charge < -0.3 is 4.74 Å². The molecule has 4 aliphatic carbocycles. The van der Waals surface area contributed by atoms with Gasteiger partial charge in [-0.3, -0.25) is 19.3 Å². The summed E-state index contributed by atoms with van der Waals surface area (Å²) in [6.07, 6.45) is 5.51. The first-order valence-corrected chi connectivity index (χ1v) is 10.9. The molecule has 1 heterocycles. The van der Waals surface area contributed by atoms with E-state index in [9.17, 15) is 14.4 Å². The Bertz CT molecular complexity index is 1080. The number of nitrogens with zero attached hydrogens (tertiary/aromatic N) is 1. The fourth-order valence-electron chi connectivity index (χ4n) is 5.87. The van der Waals surface area contributed by atoms with Gasteiger partial charge in [-0.15, -0.1) is 0 Å². The van der Waals surface area contributed by atoms with Crippen LogP contribution in [0, 0.1) is 42.4 Å². The largest absolute Gasteiger partial charge is 0.485 e. The molecule has 31 heavy (non-hydrogen) atoms. The maximum atomic E-state index is 13.2. The Balaban J connectivity index is 1.16. The Hall–Kier alpha value is -3.21. The number of carbonyl (C=O) groups excluding carboxylic acids is 3. The zero-order chi connectivity index (χ0) is 21.3. The van der Waals surface area contributed by atoms with Crippen LogP contribution in [0.3, 0.4) is 0 Å². The summed E-state index contributed by atoms with van der Waals surface area (Å²) in [5.74, 6) is 1.52. The number of anilines is 1. The molecule has 0 N–H and O–H groups in total. The molecule has 0 radical (unpaired) electrons.